The minimum atomic E-state index is -0.715. The van der Waals surface area contributed by atoms with E-state index in [9.17, 15) is 14.4 Å². The number of primary amides is 2. The predicted molar refractivity (Wildman–Crippen MR) is 79.5 cm³/mol. The lowest BCUT2D eigenvalue weighted by molar-refractivity contribution is -0.116. The molecule has 1 atom stereocenters. The van der Waals surface area contributed by atoms with Crippen LogP contribution in [0.4, 0.5) is 5.69 Å². The summed E-state index contributed by atoms with van der Waals surface area (Å²) in [5.74, 6) is -1.58. The van der Waals surface area contributed by atoms with Crippen LogP contribution >= 0.6 is 0 Å². The Morgan fingerprint density at radius 1 is 1.05 bits per heavy atom. The molecule has 0 saturated heterocycles. The largest absolute Gasteiger partial charge is 0.366 e. The summed E-state index contributed by atoms with van der Waals surface area (Å²) in [6.07, 6.45) is 0.129. The van der Waals surface area contributed by atoms with E-state index in [1.807, 2.05) is 13.8 Å². The Hall–Kier alpha value is -2.41. The van der Waals surface area contributed by atoms with Crippen molar-refractivity contribution in [2.75, 3.05) is 5.32 Å². The van der Waals surface area contributed by atoms with Crippen molar-refractivity contribution in [1.82, 2.24) is 0 Å². The van der Waals surface area contributed by atoms with Gasteiger partial charge in [0.05, 0.1) is 0 Å². The number of anilines is 1. The Kier molecular flexibility index (Phi) is 5.43. The molecule has 7 heteroatoms. The summed E-state index contributed by atoms with van der Waals surface area (Å²) in [6.45, 7) is 3.83. The zero-order valence-corrected chi connectivity index (χ0v) is 12.1. The lowest BCUT2D eigenvalue weighted by Crippen LogP contribution is -2.31. The van der Waals surface area contributed by atoms with E-state index < -0.39 is 11.8 Å². The molecule has 0 radical (unpaired) electrons. The van der Waals surface area contributed by atoms with Crippen molar-refractivity contribution < 1.29 is 14.4 Å². The van der Waals surface area contributed by atoms with E-state index in [4.69, 9.17) is 17.2 Å². The second-order valence-corrected chi connectivity index (χ2v) is 5.19. The molecular formula is C14H20N4O3. The second-order valence-electron chi connectivity index (χ2n) is 5.19. The fourth-order valence-corrected chi connectivity index (χ4v) is 1.65. The van der Waals surface area contributed by atoms with Gasteiger partial charge in [0.1, 0.15) is 0 Å². The first-order valence-corrected chi connectivity index (χ1v) is 6.50. The van der Waals surface area contributed by atoms with Crippen LogP contribution in [0.15, 0.2) is 18.2 Å². The number of carbonyl (C=O) groups excluding carboxylic acids is 3. The number of carbonyl (C=O) groups is 3. The molecule has 1 unspecified atom stereocenters. The Morgan fingerprint density at radius 2 is 1.52 bits per heavy atom. The third-order valence-corrected chi connectivity index (χ3v) is 3.06. The molecule has 3 amide bonds. The normalized spacial score (nSPS) is 12.0. The molecule has 0 heterocycles. The number of benzene rings is 1. The van der Waals surface area contributed by atoms with Gasteiger partial charge >= 0.3 is 0 Å². The average molecular weight is 292 g/mol. The molecule has 21 heavy (non-hydrogen) atoms. The summed E-state index contributed by atoms with van der Waals surface area (Å²) < 4.78 is 0. The highest BCUT2D eigenvalue weighted by Gasteiger charge is 2.15. The van der Waals surface area contributed by atoms with Gasteiger partial charge in [0.15, 0.2) is 0 Å². The smallest absolute Gasteiger partial charge is 0.248 e. The molecule has 7 nitrogen and oxygen atoms in total. The predicted octanol–water partition coefficient (Wildman–Crippen LogP) is 0.196. The Morgan fingerprint density at radius 3 is 1.90 bits per heavy atom. The van der Waals surface area contributed by atoms with Gasteiger partial charge in [-0.25, -0.2) is 0 Å². The fourth-order valence-electron chi connectivity index (χ4n) is 1.65. The molecule has 7 N–H and O–H groups in total. The first-order chi connectivity index (χ1) is 9.70. The highest BCUT2D eigenvalue weighted by Crippen LogP contribution is 2.16. The summed E-state index contributed by atoms with van der Waals surface area (Å²) in [5, 5.41) is 2.58. The number of amides is 3. The zero-order chi connectivity index (χ0) is 16.2. The summed E-state index contributed by atoms with van der Waals surface area (Å²) >= 11 is 0. The fraction of sp³-hybridized carbons (Fsp3) is 0.357. The van der Waals surface area contributed by atoms with E-state index in [1.54, 1.807) is 0 Å². The molecule has 114 valence electrons. The van der Waals surface area contributed by atoms with Crippen molar-refractivity contribution in [3.63, 3.8) is 0 Å². The van der Waals surface area contributed by atoms with Crippen LogP contribution in [-0.2, 0) is 4.79 Å². The van der Waals surface area contributed by atoms with Gasteiger partial charge in [-0.15, -0.1) is 0 Å². The van der Waals surface area contributed by atoms with Crippen LogP contribution in [-0.4, -0.2) is 23.8 Å². The van der Waals surface area contributed by atoms with Gasteiger partial charge in [-0.1, -0.05) is 13.8 Å². The van der Waals surface area contributed by atoms with Crippen LogP contribution in [0.25, 0.3) is 0 Å². The van der Waals surface area contributed by atoms with Crippen LogP contribution in [0.2, 0.25) is 0 Å². The third-order valence-electron chi connectivity index (χ3n) is 3.06. The summed E-state index contributed by atoms with van der Waals surface area (Å²) in [6, 6.07) is 3.77. The highest BCUT2D eigenvalue weighted by molar-refractivity contribution is 6.01. The van der Waals surface area contributed by atoms with Gasteiger partial charge in [0.2, 0.25) is 17.7 Å². The van der Waals surface area contributed by atoms with Gasteiger partial charge in [-0.3, -0.25) is 14.4 Å². The van der Waals surface area contributed by atoms with Gasteiger partial charge in [0.25, 0.3) is 0 Å². The summed E-state index contributed by atoms with van der Waals surface area (Å²) in [5.41, 5.74) is 16.6. The molecule has 0 aromatic heterocycles. The highest BCUT2D eigenvalue weighted by atomic mass is 16.2. The first kappa shape index (κ1) is 16.6. The first-order valence-electron chi connectivity index (χ1n) is 6.50. The number of nitrogens with two attached hydrogens (primary N) is 3. The second kappa shape index (κ2) is 6.85. The van der Waals surface area contributed by atoms with E-state index in [1.165, 1.54) is 18.2 Å². The molecule has 0 spiro atoms. The van der Waals surface area contributed by atoms with Gasteiger partial charge < -0.3 is 22.5 Å². The average Bonchev–Trinajstić information content (AvgIpc) is 2.37. The van der Waals surface area contributed by atoms with Crippen LogP contribution in [0.3, 0.4) is 0 Å². The Bertz CT molecular complexity index is 537. The molecule has 0 aliphatic carbocycles. The Balaban J connectivity index is 2.94. The SMILES string of the molecule is CC(C)C(N)CC(=O)Nc1cc(C(N)=O)cc(C(N)=O)c1. The van der Waals surface area contributed by atoms with Crippen LogP contribution in [0, 0.1) is 5.92 Å². The maximum absolute atomic E-state index is 11.9. The molecule has 0 saturated carbocycles. The van der Waals surface area contributed by atoms with Crippen molar-refractivity contribution >= 4 is 23.4 Å². The van der Waals surface area contributed by atoms with Crippen molar-refractivity contribution in [1.29, 1.82) is 0 Å². The number of nitrogens with one attached hydrogen (secondary N) is 1. The number of hydrogen-bond acceptors (Lipinski definition) is 4. The molecule has 0 aliphatic heterocycles. The van der Waals surface area contributed by atoms with E-state index in [0.29, 0.717) is 0 Å². The lowest BCUT2D eigenvalue weighted by atomic mass is 10.0. The molecule has 1 rings (SSSR count). The van der Waals surface area contributed by atoms with Gasteiger partial charge in [-0.2, -0.15) is 0 Å². The number of rotatable bonds is 6. The Labute approximate surface area is 122 Å². The number of hydrogen-bond donors (Lipinski definition) is 4. The van der Waals surface area contributed by atoms with Gasteiger partial charge in [0, 0.05) is 29.3 Å². The quantitative estimate of drug-likeness (QED) is 0.594. The van der Waals surface area contributed by atoms with Crippen molar-refractivity contribution in [2.24, 2.45) is 23.1 Å². The van der Waals surface area contributed by atoms with Crippen molar-refractivity contribution in [2.45, 2.75) is 26.3 Å². The molecule has 0 fully saturated rings. The topological polar surface area (TPSA) is 141 Å². The van der Waals surface area contributed by atoms with Crippen molar-refractivity contribution in [3.8, 4) is 0 Å². The van der Waals surface area contributed by atoms with Crippen LogP contribution in [0.1, 0.15) is 41.0 Å². The van der Waals surface area contributed by atoms with E-state index in [0.717, 1.165) is 0 Å². The summed E-state index contributed by atoms with van der Waals surface area (Å²) in [4.78, 5) is 34.3. The van der Waals surface area contributed by atoms with E-state index in [-0.39, 0.29) is 41.1 Å². The monoisotopic (exact) mass is 292 g/mol. The standard InChI is InChI=1S/C14H20N4O3/c1-7(2)11(15)6-12(19)18-10-4-8(13(16)20)3-9(5-10)14(17)21/h3-5,7,11H,6,15H2,1-2H3,(H2,16,20)(H2,17,21)(H,18,19). The summed E-state index contributed by atoms with van der Waals surface area (Å²) in [7, 11) is 0. The van der Waals surface area contributed by atoms with E-state index in [2.05, 4.69) is 5.32 Å². The minimum absolute atomic E-state index is 0.0924. The molecule has 1 aromatic carbocycles. The molecular weight excluding hydrogens is 272 g/mol. The maximum atomic E-state index is 11.9. The van der Waals surface area contributed by atoms with Crippen molar-refractivity contribution in [3.05, 3.63) is 29.3 Å². The third kappa shape index (κ3) is 4.88. The minimum Gasteiger partial charge on any atom is -0.366 e. The van der Waals surface area contributed by atoms with Gasteiger partial charge in [-0.05, 0) is 24.1 Å². The molecule has 1 aromatic rings. The van der Waals surface area contributed by atoms with Crippen LogP contribution in [0.5, 0.6) is 0 Å². The van der Waals surface area contributed by atoms with Crippen LogP contribution < -0.4 is 22.5 Å². The lowest BCUT2D eigenvalue weighted by Gasteiger charge is -2.15. The molecule has 0 aliphatic rings. The maximum Gasteiger partial charge on any atom is 0.248 e. The zero-order valence-electron chi connectivity index (χ0n) is 12.1. The van der Waals surface area contributed by atoms with E-state index >= 15 is 0 Å². The molecule has 0 bridgehead atoms.